The van der Waals surface area contributed by atoms with Gasteiger partial charge in [-0.1, -0.05) is 6.42 Å². The Bertz CT molecular complexity index is 1520. The summed E-state index contributed by atoms with van der Waals surface area (Å²) in [6.07, 6.45) is -0.353. The van der Waals surface area contributed by atoms with Gasteiger partial charge in [0.2, 0.25) is 0 Å². The second-order valence-electron chi connectivity index (χ2n) is 11.4. The Kier molecular flexibility index (Phi) is 10.2. The standard InChI is InChI=1S/C27H39N9O9/c28-18(43-12-38)5-4-13(2-1-3-14-8-35(27(42)34-23(14)29)19-7-15(39)17(9-37)44-19)6-16-21(40)22(41)26(45-16)36-11-33-20-24(30)31-10-32-25(20)36/h8,10-13,15-19,21-22,26,37,39-41H,1-7,9,28H2,(H2,29,34,42)(H2,30,31,32)/t13?,15-,16+,17+,18+,19+,21+,22+,26+/m0/s1. The highest BCUT2D eigenvalue weighted by Crippen LogP contribution is 2.36. The molecule has 5 heterocycles. The van der Waals surface area contributed by atoms with Gasteiger partial charge in [-0.3, -0.25) is 19.7 Å². The van der Waals surface area contributed by atoms with Gasteiger partial charge in [0.15, 0.2) is 23.9 Å². The van der Waals surface area contributed by atoms with E-state index in [2.05, 4.69) is 19.9 Å². The molecule has 18 nitrogen and oxygen atoms in total. The minimum Gasteiger partial charge on any atom is -0.449 e. The summed E-state index contributed by atoms with van der Waals surface area (Å²) in [5, 5.41) is 41.4. The van der Waals surface area contributed by atoms with E-state index in [0.717, 1.165) is 0 Å². The van der Waals surface area contributed by atoms with Crippen molar-refractivity contribution in [3.8, 4) is 0 Å². The van der Waals surface area contributed by atoms with Crippen molar-refractivity contribution in [2.75, 3.05) is 18.1 Å². The van der Waals surface area contributed by atoms with Crippen LogP contribution in [0.1, 0.15) is 56.5 Å². The number of aliphatic hydroxyl groups excluding tert-OH is 4. The number of hydrogen-bond acceptors (Lipinski definition) is 16. The highest BCUT2D eigenvalue weighted by atomic mass is 16.6. The summed E-state index contributed by atoms with van der Waals surface area (Å²) < 4.78 is 19.4. The highest BCUT2D eigenvalue weighted by Gasteiger charge is 2.45. The molecule has 1 unspecified atom stereocenters. The molecule has 3 aromatic rings. The molecule has 0 saturated carbocycles. The number of ether oxygens (including phenoxy) is 3. The van der Waals surface area contributed by atoms with Gasteiger partial charge in [-0.25, -0.2) is 19.7 Å². The molecule has 2 aliphatic heterocycles. The summed E-state index contributed by atoms with van der Waals surface area (Å²) in [7, 11) is 0. The first-order chi connectivity index (χ1) is 21.6. The average molecular weight is 634 g/mol. The predicted octanol–water partition coefficient (Wildman–Crippen LogP) is -1.93. The number of aromatic nitrogens is 6. The topological polar surface area (TPSA) is 282 Å². The first-order valence-electron chi connectivity index (χ1n) is 14.7. The molecular weight excluding hydrogens is 594 g/mol. The zero-order chi connectivity index (χ0) is 32.2. The second-order valence-corrected chi connectivity index (χ2v) is 11.4. The van der Waals surface area contributed by atoms with E-state index in [9.17, 15) is 30.0 Å². The molecule has 2 fully saturated rings. The van der Waals surface area contributed by atoms with Gasteiger partial charge in [0.05, 0.1) is 25.1 Å². The molecule has 0 bridgehead atoms. The van der Waals surface area contributed by atoms with Gasteiger partial charge in [0.1, 0.15) is 42.2 Å². The SMILES string of the molecule is Nc1nc(=O)n([C@H]2C[C@H](O)[C@@H](CO)O2)cc1CCCC(CC[C@H](N)OC=O)C[C@H]1O[C@@H](n2cnc3c(N)ncnc32)[C@H](O)[C@@H]1O. The van der Waals surface area contributed by atoms with E-state index < -0.39 is 54.9 Å². The molecule has 0 aliphatic carbocycles. The third-order valence-corrected chi connectivity index (χ3v) is 8.47. The number of nitrogens with two attached hydrogens (primary N) is 3. The average Bonchev–Trinajstić information content (AvgIpc) is 3.69. The maximum atomic E-state index is 12.5. The second kappa shape index (κ2) is 14.1. The number of fused-ring (bicyclic) bond motifs is 1. The fourth-order valence-electron chi connectivity index (χ4n) is 6.01. The molecule has 246 valence electrons. The lowest BCUT2D eigenvalue weighted by atomic mass is 9.88. The highest BCUT2D eigenvalue weighted by molar-refractivity contribution is 5.81. The largest absolute Gasteiger partial charge is 0.449 e. The first-order valence-corrected chi connectivity index (χ1v) is 14.7. The van der Waals surface area contributed by atoms with Gasteiger partial charge in [0.25, 0.3) is 6.47 Å². The Morgan fingerprint density at radius 3 is 2.58 bits per heavy atom. The molecule has 2 saturated heterocycles. The number of nitrogens with zero attached hydrogens (tertiary/aromatic N) is 6. The third kappa shape index (κ3) is 7.06. The number of nitrogen functional groups attached to an aromatic ring is 2. The minimum atomic E-state index is -1.28. The Morgan fingerprint density at radius 2 is 1.84 bits per heavy atom. The van der Waals surface area contributed by atoms with Crippen molar-refractivity contribution in [3.63, 3.8) is 0 Å². The normalized spacial score (nSPS) is 28.0. The summed E-state index contributed by atoms with van der Waals surface area (Å²) in [5.74, 6) is 0.156. The number of rotatable bonds is 14. The predicted molar refractivity (Wildman–Crippen MR) is 156 cm³/mol. The van der Waals surface area contributed by atoms with E-state index in [1.165, 1.54) is 21.8 Å². The van der Waals surface area contributed by atoms with E-state index in [-0.39, 0.29) is 37.1 Å². The molecule has 2 aliphatic rings. The molecule has 5 rings (SSSR count). The smallest absolute Gasteiger partial charge is 0.351 e. The maximum Gasteiger partial charge on any atom is 0.351 e. The van der Waals surface area contributed by atoms with Crippen molar-refractivity contribution >= 4 is 29.3 Å². The summed E-state index contributed by atoms with van der Waals surface area (Å²) in [4.78, 5) is 39.5. The zero-order valence-corrected chi connectivity index (χ0v) is 24.4. The lowest BCUT2D eigenvalue weighted by Gasteiger charge is -2.24. The zero-order valence-electron chi connectivity index (χ0n) is 24.4. The van der Waals surface area contributed by atoms with Gasteiger partial charge in [0, 0.05) is 18.2 Å². The van der Waals surface area contributed by atoms with Crippen molar-refractivity contribution in [1.29, 1.82) is 0 Å². The van der Waals surface area contributed by atoms with Gasteiger partial charge >= 0.3 is 5.69 Å². The molecule has 45 heavy (non-hydrogen) atoms. The lowest BCUT2D eigenvalue weighted by Crippen LogP contribution is -2.33. The van der Waals surface area contributed by atoms with Crippen LogP contribution in [0, 0.1) is 5.92 Å². The van der Waals surface area contributed by atoms with Crippen LogP contribution in [0.2, 0.25) is 0 Å². The van der Waals surface area contributed by atoms with Crippen LogP contribution >= 0.6 is 0 Å². The first kappa shape index (κ1) is 32.6. The van der Waals surface area contributed by atoms with Gasteiger partial charge in [-0.15, -0.1) is 0 Å². The van der Waals surface area contributed by atoms with Crippen molar-refractivity contribution in [3.05, 3.63) is 34.9 Å². The van der Waals surface area contributed by atoms with Gasteiger partial charge in [-0.2, -0.15) is 4.98 Å². The summed E-state index contributed by atoms with van der Waals surface area (Å²) in [5.41, 5.74) is 18.5. The Morgan fingerprint density at radius 1 is 1.04 bits per heavy atom. The van der Waals surface area contributed by atoms with Crippen molar-refractivity contribution in [2.45, 2.75) is 94.1 Å². The van der Waals surface area contributed by atoms with Crippen LogP contribution in [-0.2, 0) is 25.4 Å². The van der Waals surface area contributed by atoms with E-state index in [0.29, 0.717) is 55.3 Å². The Hall–Kier alpha value is -3.78. The van der Waals surface area contributed by atoms with Crippen molar-refractivity contribution < 1.29 is 39.4 Å². The minimum absolute atomic E-state index is 0.0731. The number of anilines is 2. The summed E-state index contributed by atoms with van der Waals surface area (Å²) in [6.45, 7) is -0.0968. The molecule has 0 aromatic carbocycles. The van der Waals surface area contributed by atoms with Crippen LogP contribution < -0.4 is 22.9 Å². The molecular formula is C27H39N9O9. The number of aliphatic hydroxyl groups is 4. The quantitative estimate of drug-likeness (QED) is 0.0752. The number of imidazole rings is 1. The summed E-state index contributed by atoms with van der Waals surface area (Å²) >= 11 is 0. The van der Waals surface area contributed by atoms with Crippen molar-refractivity contribution in [1.82, 2.24) is 29.1 Å². The van der Waals surface area contributed by atoms with Crippen LogP contribution in [0.4, 0.5) is 11.6 Å². The number of hydrogen-bond donors (Lipinski definition) is 7. The van der Waals surface area contributed by atoms with Crippen LogP contribution in [0.25, 0.3) is 11.2 Å². The third-order valence-electron chi connectivity index (χ3n) is 8.47. The molecule has 9 atom stereocenters. The molecule has 0 amide bonds. The fraction of sp³-hybridized carbons (Fsp3) is 0.630. The van der Waals surface area contributed by atoms with E-state index >= 15 is 0 Å². The van der Waals surface area contributed by atoms with Gasteiger partial charge < -0.3 is 46.1 Å². The lowest BCUT2D eigenvalue weighted by molar-refractivity contribution is -0.133. The van der Waals surface area contributed by atoms with Crippen LogP contribution in [-0.4, -0.2) is 99.3 Å². The molecule has 3 aromatic heterocycles. The van der Waals surface area contributed by atoms with Crippen LogP contribution in [0.5, 0.6) is 0 Å². The van der Waals surface area contributed by atoms with Crippen LogP contribution in [0.3, 0.4) is 0 Å². The van der Waals surface area contributed by atoms with E-state index in [1.807, 2.05) is 0 Å². The molecule has 0 radical (unpaired) electrons. The molecule has 10 N–H and O–H groups in total. The Balaban J connectivity index is 1.27. The number of carbonyl (C=O) groups excluding carboxylic acids is 1. The summed E-state index contributed by atoms with van der Waals surface area (Å²) in [6, 6.07) is 0. The Labute approximate surface area is 256 Å². The monoisotopic (exact) mass is 633 g/mol. The molecule has 18 heteroatoms. The fourth-order valence-corrected chi connectivity index (χ4v) is 6.01. The van der Waals surface area contributed by atoms with Gasteiger partial charge in [-0.05, 0) is 38.0 Å². The number of aryl methyl sites for hydroxylation is 1. The number of carbonyl (C=O) groups is 1. The molecule has 0 spiro atoms. The maximum absolute atomic E-state index is 12.5. The van der Waals surface area contributed by atoms with E-state index in [4.69, 9.17) is 31.4 Å². The van der Waals surface area contributed by atoms with E-state index in [1.54, 1.807) is 6.20 Å². The van der Waals surface area contributed by atoms with Crippen LogP contribution in [0.15, 0.2) is 23.6 Å². The van der Waals surface area contributed by atoms with Crippen molar-refractivity contribution in [2.24, 2.45) is 11.7 Å².